The van der Waals surface area contributed by atoms with E-state index in [9.17, 15) is 0 Å². The normalized spacial score (nSPS) is 10.3. The second-order valence-electron chi connectivity index (χ2n) is 4.31. The van der Waals surface area contributed by atoms with Gasteiger partial charge in [0, 0.05) is 7.88 Å². The van der Waals surface area contributed by atoms with Crippen molar-refractivity contribution in [3.05, 3.63) is 58.6 Å². The average Bonchev–Trinajstić information content (AvgIpc) is 2.40. The zero-order valence-electron chi connectivity index (χ0n) is 10.5. The topological polar surface area (TPSA) is 49.7 Å². The van der Waals surface area contributed by atoms with E-state index < -0.39 is 7.12 Å². The van der Waals surface area contributed by atoms with Gasteiger partial charge in [-0.25, -0.2) is 0 Å². The van der Waals surface area contributed by atoms with Gasteiger partial charge in [0.2, 0.25) is 0 Å². The van der Waals surface area contributed by atoms with Crippen LogP contribution in [-0.4, -0.2) is 17.2 Å². The zero-order valence-corrected chi connectivity index (χ0v) is 11.3. The Morgan fingerprint density at radius 3 is 2.42 bits per heavy atom. The maximum absolute atomic E-state index is 8.98. The lowest BCUT2D eigenvalue weighted by molar-refractivity contribution is 0.306. The summed E-state index contributed by atoms with van der Waals surface area (Å²) in [6, 6.07) is 12.4. The number of benzene rings is 2. The Morgan fingerprint density at radius 1 is 1.16 bits per heavy atom. The summed E-state index contributed by atoms with van der Waals surface area (Å²) < 4.78 is 5.62. The molecule has 0 radical (unpaired) electrons. The molecule has 0 atom stereocenters. The molecule has 3 nitrogen and oxygen atoms in total. The Morgan fingerprint density at radius 2 is 1.84 bits per heavy atom. The third-order valence-corrected chi connectivity index (χ3v) is 3.23. The van der Waals surface area contributed by atoms with Crippen molar-refractivity contribution >= 4 is 24.2 Å². The fourth-order valence-electron chi connectivity index (χ4n) is 1.70. The second kappa shape index (κ2) is 6.11. The first kappa shape index (κ1) is 13.9. The highest BCUT2D eigenvalue weighted by Gasteiger charge is 2.09. The molecule has 0 heterocycles. The summed E-state index contributed by atoms with van der Waals surface area (Å²) in [5.41, 5.74) is 2.49. The molecule has 0 aromatic heterocycles. The molecule has 2 N–H and O–H groups in total. The van der Waals surface area contributed by atoms with Crippen LogP contribution in [0.4, 0.5) is 0 Å². The second-order valence-corrected chi connectivity index (χ2v) is 4.72. The van der Waals surface area contributed by atoms with Crippen LogP contribution in [0.2, 0.25) is 5.02 Å². The van der Waals surface area contributed by atoms with Gasteiger partial charge in [-0.15, -0.1) is 0 Å². The quantitative estimate of drug-likeness (QED) is 0.846. The van der Waals surface area contributed by atoms with E-state index in [1.807, 2.05) is 25.1 Å². The highest BCUT2D eigenvalue weighted by molar-refractivity contribution is 6.58. The van der Waals surface area contributed by atoms with Crippen LogP contribution in [0.15, 0.2) is 42.5 Å². The fourth-order valence-corrected chi connectivity index (χ4v) is 1.82. The van der Waals surface area contributed by atoms with Crippen LogP contribution in [0.25, 0.3) is 0 Å². The van der Waals surface area contributed by atoms with E-state index in [-0.39, 0.29) is 2.85 Å². The van der Waals surface area contributed by atoms with Crippen LogP contribution in [0.5, 0.6) is 5.75 Å². The van der Waals surface area contributed by atoms with E-state index in [0.717, 1.165) is 16.1 Å². The van der Waals surface area contributed by atoms with Gasteiger partial charge in [0.1, 0.15) is 12.4 Å². The van der Waals surface area contributed by atoms with Gasteiger partial charge in [-0.1, -0.05) is 35.9 Å². The number of ether oxygens (including phenoxy) is 1. The van der Waals surface area contributed by atoms with Crippen molar-refractivity contribution in [1.82, 2.24) is 0 Å². The highest BCUT2D eigenvalue weighted by Crippen LogP contribution is 2.18. The summed E-state index contributed by atoms with van der Waals surface area (Å²) in [5.74, 6) is 0.678. The van der Waals surface area contributed by atoms with Crippen LogP contribution in [0, 0.1) is 6.92 Å². The molecule has 0 aliphatic rings. The van der Waals surface area contributed by atoms with Crippen molar-refractivity contribution in [3.8, 4) is 5.75 Å². The third kappa shape index (κ3) is 3.74. The Labute approximate surface area is 120 Å². The minimum absolute atomic E-state index is 0. The van der Waals surface area contributed by atoms with Crippen LogP contribution in [-0.2, 0) is 6.61 Å². The Hall–Kier alpha value is -1.49. The van der Waals surface area contributed by atoms with E-state index in [4.69, 9.17) is 26.4 Å². The SMILES string of the molecule is Cc1cc(COc2ccc(B(O)O)cc2)ccc1Cl.[HH].[HH]. The molecule has 2 aromatic carbocycles. The van der Waals surface area contributed by atoms with Crippen LogP contribution < -0.4 is 10.2 Å². The van der Waals surface area contributed by atoms with Gasteiger partial charge in [0.25, 0.3) is 0 Å². The minimum Gasteiger partial charge on any atom is -0.489 e. The summed E-state index contributed by atoms with van der Waals surface area (Å²) in [5, 5.41) is 18.7. The molecular formula is C14H18BClO3. The van der Waals surface area contributed by atoms with Crippen molar-refractivity contribution in [3.63, 3.8) is 0 Å². The summed E-state index contributed by atoms with van der Waals surface area (Å²) in [6.07, 6.45) is 0. The number of halogens is 1. The molecule has 2 rings (SSSR count). The summed E-state index contributed by atoms with van der Waals surface area (Å²) in [7, 11) is -1.45. The van der Waals surface area contributed by atoms with Crippen molar-refractivity contribution in [2.24, 2.45) is 0 Å². The molecule has 0 unspecified atom stereocenters. The van der Waals surface area contributed by atoms with Gasteiger partial charge in [-0.2, -0.15) is 0 Å². The first-order valence-corrected chi connectivity index (χ1v) is 6.28. The van der Waals surface area contributed by atoms with E-state index in [2.05, 4.69) is 0 Å². The van der Waals surface area contributed by atoms with E-state index in [1.165, 1.54) is 0 Å². The Kier molecular flexibility index (Phi) is 4.48. The molecule has 0 saturated carbocycles. The summed E-state index contributed by atoms with van der Waals surface area (Å²) >= 11 is 5.96. The molecule has 19 heavy (non-hydrogen) atoms. The maximum Gasteiger partial charge on any atom is 0.488 e. The standard InChI is InChI=1S/C14H14BClO3.2H2/c1-10-8-11(2-7-14(10)16)9-19-13-5-3-12(4-6-13)15(17)18;;/h2-8,17-18H,9H2,1H3;2*1H. The van der Waals surface area contributed by atoms with Gasteiger partial charge in [0.15, 0.2) is 0 Å². The molecule has 0 saturated heterocycles. The monoisotopic (exact) mass is 280 g/mol. The van der Waals surface area contributed by atoms with Gasteiger partial charge in [0.05, 0.1) is 0 Å². The Balaban J connectivity index is 0.00000200. The van der Waals surface area contributed by atoms with Crippen LogP contribution in [0.3, 0.4) is 0 Å². The van der Waals surface area contributed by atoms with E-state index in [1.54, 1.807) is 24.3 Å². The lowest BCUT2D eigenvalue weighted by Gasteiger charge is -2.08. The molecule has 0 bridgehead atoms. The minimum atomic E-state index is -1.45. The molecule has 5 heteroatoms. The highest BCUT2D eigenvalue weighted by atomic mass is 35.5. The van der Waals surface area contributed by atoms with Gasteiger partial charge in [-0.3, -0.25) is 0 Å². The number of aryl methyl sites for hydroxylation is 1. The molecule has 0 aliphatic carbocycles. The lowest BCUT2D eigenvalue weighted by atomic mass is 9.80. The summed E-state index contributed by atoms with van der Waals surface area (Å²) in [6.45, 7) is 2.39. The summed E-state index contributed by atoms with van der Waals surface area (Å²) in [4.78, 5) is 0. The molecule has 0 amide bonds. The van der Waals surface area contributed by atoms with Crippen molar-refractivity contribution in [2.75, 3.05) is 0 Å². The zero-order chi connectivity index (χ0) is 13.8. The maximum atomic E-state index is 8.98. The van der Waals surface area contributed by atoms with Crippen molar-refractivity contribution in [1.29, 1.82) is 0 Å². The van der Waals surface area contributed by atoms with Gasteiger partial charge < -0.3 is 14.8 Å². The smallest absolute Gasteiger partial charge is 0.488 e. The van der Waals surface area contributed by atoms with Crippen molar-refractivity contribution < 1.29 is 17.6 Å². The van der Waals surface area contributed by atoms with Crippen molar-refractivity contribution in [2.45, 2.75) is 13.5 Å². The van der Waals surface area contributed by atoms with Gasteiger partial charge in [-0.05, 0) is 41.7 Å². The van der Waals surface area contributed by atoms with Crippen LogP contribution in [0.1, 0.15) is 14.0 Å². The van der Waals surface area contributed by atoms with Gasteiger partial charge >= 0.3 is 7.12 Å². The molecule has 0 fully saturated rings. The number of hydrogen-bond acceptors (Lipinski definition) is 3. The first-order valence-electron chi connectivity index (χ1n) is 5.90. The van der Waals surface area contributed by atoms with Crippen LogP contribution >= 0.6 is 11.6 Å². The predicted octanol–water partition coefficient (Wildman–Crippen LogP) is 2.40. The lowest BCUT2D eigenvalue weighted by Crippen LogP contribution is -2.29. The number of rotatable bonds is 4. The van der Waals surface area contributed by atoms with E-state index in [0.29, 0.717) is 17.8 Å². The average molecular weight is 281 g/mol. The molecular weight excluding hydrogens is 262 g/mol. The largest absolute Gasteiger partial charge is 0.489 e. The Bertz CT molecular complexity index is 565. The molecule has 2 aromatic rings. The molecule has 102 valence electrons. The van der Waals surface area contributed by atoms with E-state index >= 15 is 0 Å². The molecule has 0 spiro atoms. The number of hydrogen-bond donors (Lipinski definition) is 2. The predicted molar refractivity (Wildman–Crippen MR) is 81.0 cm³/mol. The molecule has 0 aliphatic heterocycles. The third-order valence-electron chi connectivity index (χ3n) is 2.81. The first-order chi connectivity index (χ1) is 9.06. The fraction of sp³-hybridized carbons (Fsp3) is 0.143.